The number of fused-ring (bicyclic) bond motifs is 1. The van der Waals surface area contributed by atoms with Crippen molar-refractivity contribution in [1.82, 2.24) is 5.32 Å². The summed E-state index contributed by atoms with van der Waals surface area (Å²) in [5.41, 5.74) is 0.172. The number of nitrogens with one attached hydrogen (secondary N) is 1. The van der Waals surface area contributed by atoms with Crippen molar-refractivity contribution >= 4 is 16.7 Å². The van der Waals surface area contributed by atoms with Gasteiger partial charge in [0, 0.05) is 0 Å². The van der Waals surface area contributed by atoms with Gasteiger partial charge in [0.05, 0.1) is 12.5 Å². The van der Waals surface area contributed by atoms with Gasteiger partial charge < -0.3 is 5.32 Å². The van der Waals surface area contributed by atoms with E-state index in [-0.39, 0.29) is 5.91 Å². The summed E-state index contributed by atoms with van der Waals surface area (Å²) in [7, 11) is 0. The van der Waals surface area contributed by atoms with E-state index in [9.17, 15) is 4.79 Å². The van der Waals surface area contributed by atoms with Gasteiger partial charge in [-0.15, -0.1) is 0 Å². The van der Waals surface area contributed by atoms with Gasteiger partial charge in [-0.1, -0.05) is 49.4 Å². The van der Waals surface area contributed by atoms with E-state index in [0.29, 0.717) is 12.8 Å². The summed E-state index contributed by atoms with van der Waals surface area (Å²) in [6.45, 7) is 3.63. The molecule has 0 unspecified atom stereocenters. The van der Waals surface area contributed by atoms with Crippen molar-refractivity contribution in [3.63, 3.8) is 0 Å². The second-order valence-corrected chi connectivity index (χ2v) is 5.20. The van der Waals surface area contributed by atoms with Crippen molar-refractivity contribution in [3.05, 3.63) is 48.0 Å². The zero-order valence-corrected chi connectivity index (χ0v) is 11.8. The van der Waals surface area contributed by atoms with E-state index in [1.807, 2.05) is 49.4 Å². The molecule has 3 nitrogen and oxygen atoms in total. The van der Waals surface area contributed by atoms with Crippen LogP contribution in [0.4, 0.5) is 0 Å². The summed E-state index contributed by atoms with van der Waals surface area (Å²) in [5.74, 6) is -0.119. The lowest BCUT2D eigenvalue weighted by Crippen LogP contribution is -2.44. The molecule has 0 aromatic heterocycles. The Labute approximate surface area is 119 Å². The molecule has 0 spiro atoms. The second-order valence-electron chi connectivity index (χ2n) is 5.20. The number of rotatable bonds is 4. The zero-order valence-electron chi connectivity index (χ0n) is 11.8. The Morgan fingerprint density at radius 2 is 1.95 bits per heavy atom. The van der Waals surface area contributed by atoms with E-state index in [2.05, 4.69) is 11.4 Å². The fourth-order valence-electron chi connectivity index (χ4n) is 2.08. The van der Waals surface area contributed by atoms with Gasteiger partial charge in [-0.2, -0.15) is 5.26 Å². The molecule has 2 aromatic carbocycles. The normalized spacial score (nSPS) is 13.4. The van der Waals surface area contributed by atoms with Crippen molar-refractivity contribution in [3.8, 4) is 6.07 Å². The number of nitriles is 1. The predicted molar refractivity (Wildman–Crippen MR) is 80.1 cm³/mol. The van der Waals surface area contributed by atoms with Gasteiger partial charge in [0.2, 0.25) is 5.91 Å². The predicted octanol–water partition coefficient (Wildman–Crippen LogP) is 3.19. The highest BCUT2D eigenvalue weighted by atomic mass is 16.1. The molecule has 0 heterocycles. The summed E-state index contributed by atoms with van der Waals surface area (Å²) in [6, 6.07) is 16.2. The van der Waals surface area contributed by atoms with Crippen molar-refractivity contribution < 1.29 is 4.79 Å². The van der Waals surface area contributed by atoms with Crippen LogP contribution in [0.2, 0.25) is 0 Å². The number of nitrogens with zero attached hydrogens (tertiary/aromatic N) is 1. The van der Waals surface area contributed by atoms with Gasteiger partial charge in [0.1, 0.15) is 5.54 Å². The summed E-state index contributed by atoms with van der Waals surface area (Å²) in [6.07, 6.45) is 0.884. The van der Waals surface area contributed by atoms with Crippen molar-refractivity contribution in [2.45, 2.75) is 32.2 Å². The zero-order chi connectivity index (χ0) is 14.6. The summed E-state index contributed by atoms with van der Waals surface area (Å²) in [5, 5.41) is 14.1. The molecule has 0 aliphatic rings. The first kappa shape index (κ1) is 14.1. The highest BCUT2D eigenvalue weighted by Crippen LogP contribution is 2.16. The van der Waals surface area contributed by atoms with Crippen LogP contribution in [0.15, 0.2) is 42.5 Å². The van der Waals surface area contributed by atoms with E-state index in [1.54, 1.807) is 6.92 Å². The molecule has 2 aromatic rings. The summed E-state index contributed by atoms with van der Waals surface area (Å²) in [4.78, 5) is 12.0. The van der Waals surface area contributed by atoms with E-state index in [4.69, 9.17) is 5.26 Å². The lowest BCUT2D eigenvalue weighted by Gasteiger charge is -2.21. The first-order valence-electron chi connectivity index (χ1n) is 6.76. The van der Waals surface area contributed by atoms with E-state index in [0.717, 1.165) is 16.3 Å². The molecule has 1 amide bonds. The molecule has 2 rings (SSSR count). The minimum atomic E-state index is -0.784. The molecule has 0 saturated carbocycles. The average molecular weight is 266 g/mol. The number of amides is 1. The Kier molecular flexibility index (Phi) is 4.05. The molecule has 20 heavy (non-hydrogen) atoms. The molecular weight excluding hydrogens is 248 g/mol. The van der Waals surface area contributed by atoms with E-state index < -0.39 is 5.54 Å². The van der Waals surface area contributed by atoms with Crippen molar-refractivity contribution in [2.75, 3.05) is 0 Å². The van der Waals surface area contributed by atoms with Crippen LogP contribution in [0.5, 0.6) is 0 Å². The smallest absolute Gasteiger partial charge is 0.225 e. The molecule has 0 saturated heterocycles. The Bertz CT molecular complexity index is 672. The fraction of sp³-hybridized carbons (Fsp3) is 0.294. The molecule has 0 radical (unpaired) electrons. The molecule has 1 N–H and O–H groups in total. The number of carbonyl (C=O) groups is 1. The monoisotopic (exact) mass is 266 g/mol. The topological polar surface area (TPSA) is 52.9 Å². The quantitative estimate of drug-likeness (QED) is 0.924. The minimum Gasteiger partial charge on any atom is -0.338 e. The highest BCUT2D eigenvalue weighted by Gasteiger charge is 2.23. The molecule has 1 atom stereocenters. The largest absolute Gasteiger partial charge is 0.338 e. The standard InChI is InChI=1S/C17H18N2O/c1-3-17(2,12-18)19-16(20)11-13-8-9-14-6-4-5-7-15(14)10-13/h4-10H,3,11H2,1-2H3,(H,19,20)/t17-/m0/s1. The summed E-state index contributed by atoms with van der Waals surface area (Å²) >= 11 is 0. The second kappa shape index (κ2) is 5.75. The third-order valence-corrected chi connectivity index (χ3v) is 3.55. The van der Waals surface area contributed by atoms with Crippen molar-refractivity contribution in [1.29, 1.82) is 5.26 Å². The Morgan fingerprint density at radius 1 is 1.25 bits per heavy atom. The Morgan fingerprint density at radius 3 is 2.60 bits per heavy atom. The van der Waals surface area contributed by atoms with Crippen LogP contribution in [0, 0.1) is 11.3 Å². The first-order valence-corrected chi connectivity index (χ1v) is 6.76. The Hall–Kier alpha value is -2.34. The van der Waals surface area contributed by atoms with Crippen LogP contribution in [0.25, 0.3) is 10.8 Å². The maximum atomic E-state index is 12.0. The maximum Gasteiger partial charge on any atom is 0.225 e. The SMILES string of the molecule is CC[C@@](C)(C#N)NC(=O)Cc1ccc2ccccc2c1. The van der Waals surface area contributed by atoms with Crippen LogP contribution in [-0.2, 0) is 11.2 Å². The molecular formula is C17H18N2O. The fourth-order valence-corrected chi connectivity index (χ4v) is 2.08. The van der Waals surface area contributed by atoms with Crippen molar-refractivity contribution in [2.24, 2.45) is 0 Å². The molecule has 102 valence electrons. The highest BCUT2D eigenvalue weighted by molar-refractivity contribution is 5.85. The summed E-state index contributed by atoms with van der Waals surface area (Å²) < 4.78 is 0. The lowest BCUT2D eigenvalue weighted by atomic mass is 10.00. The number of hydrogen-bond donors (Lipinski definition) is 1. The third-order valence-electron chi connectivity index (χ3n) is 3.55. The molecule has 0 aliphatic heterocycles. The maximum absolute atomic E-state index is 12.0. The molecule has 0 bridgehead atoms. The number of hydrogen-bond acceptors (Lipinski definition) is 2. The molecule has 0 fully saturated rings. The molecule has 0 aliphatic carbocycles. The lowest BCUT2D eigenvalue weighted by molar-refractivity contribution is -0.121. The van der Waals surface area contributed by atoms with Gasteiger partial charge in [-0.3, -0.25) is 4.79 Å². The minimum absolute atomic E-state index is 0.119. The van der Waals surface area contributed by atoms with Crippen LogP contribution in [0.1, 0.15) is 25.8 Å². The number of benzene rings is 2. The Balaban J connectivity index is 2.12. The van der Waals surface area contributed by atoms with Crippen LogP contribution >= 0.6 is 0 Å². The number of carbonyl (C=O) groups excluding carboxylic acids is 1. The van der Waals surface area contributed by atoms with Crippen LogP contribution in [-0.4, -0.2) is 11.4 Å². The van der Waals surface area contributed by atoms with Crippen LogP contribution < -0.4 is 5.32 Å². The third kappa shape index (κ3) is 3.16. The molecule has 3 heteroatoms. The first-order chi connectivity index (χ1) is 9.56. The van der Waals surface area contributed by atoms with Gasteiger partial charge in [0.15, 0.2) is 0 Å². The van der Waals surface area contributed by atoms with Crippen LogP contribution in [0.3, 0.4) is 0 Å². The van der Waals surface area contributed by atoms with Gasteiger partial charge in [0.25, 0.3) is 0 Å². The van der Waals surface area contributed by atoms with E-state index in [1.165, 1.54) is 0 Å². The average Bonchev–Trinajstić information content (AvgIpc) is 2.47. The van der Waals surface area contributed by atoms with Gasteiger partial charge in [-0.25, -0.2) is 0 Å². The van der Waals surface area contributed by atoms with Gasteiger partial charge >= 0.3 is 0 Å². The van der Waals surface area contributed by atoms with E-state index >= 15 is 0 Å². The van der Waals surface area contributed by atoms with Gasteiger partial charge in [-0.05, 0) is 29.7 Å².